The Morgan fingerprint density at radius 2 is 2.00 bits per heavy atom. The van der Waals surface area contributed by atoms with Crippen molar-refractivity contribution in [3.05, 3.63) is 64.5 Å². The van der Waals surface area contributed by atoms with Gasteiger partial charge in [0.1, 0.15) is 11.4 Å². The van der Waals surface area contributed by atoms with E-state index in [0.29, 0.717) is 13.2 Å². The number of hydrogen-bond donors (Lipinski definition) is 1. The highest BCUT2D eigenvalue weighted by Gasteiger charge is 2.08. The van der Waals surface area contributed by atoms with Crippen molar-refractivity contribution in [1.29, 1.82) is 0 Å². The van der Waals surface area contributed by atoms with Gasteiger partial charge in [0.15, 0.2) is 0 Å². The second-order valence-corrected chi connectivity index (χ2v) is 6.71. The Balaban J connectivity index is 1.53. The van der Waals surface area contributed by atoms with Gasteiger partial charge in [-0.2, -0.15) is 0 Å². The van der Waals surface area contributed by atoms with E-state index in [1.165, 1.54) is 0 Å². The molecule has 3 aromatic rings. The van der Waals surface area contributed by atoms with Crippen molar-refractivity contribution in [3.8, 4) is 5.75 Å². The van der Waals surface area contributed by atoms with Crippen LogP contribution in [0.25, 0.3) is 5.65 Å². The van der Waals surface area contributed by atoms with Crippen molar-refractivity contribution < 1.29 is 9.53 Å². The summed E-state index contributed by atoms with van der Waals surface area (Å²) in [6.45, 7) is 3.28. The van der Waals surface area contributed by atoms with Gasteiger partial charge in [0.25, 0.3) is 0 Å². The minimum atomic E-state index is -0.0474. The molecule has 0 saturated heterocycles. The van der Waals surface area contributed by atoms with Gasteiger partial charge in [-0.25, -0.2) is 4.98 Å². The number of fused-ring (bicyclic) bond motifs is 1. The fraction of sp³-hybridized carbons (Fsp3) is 0.263. The van der Waals surface area contributed by atoms with Crippen LogP contribution in [-0.4, -0.2) is 21.9 Å². The number of imidazole rings is 1. The molecule has 2 aromatic heterocycles. The van der Waals surface area contributed by atoms with E-state index in [9.17, 15) is 4.79 Å². The first kappa shape index (κ1) is 17.5. The average molecular weight is 402 g/mol. The van der Waals surface area contributed by atoms with Crippen LogP contribution >= 0.6 is 15.9 Å². The molecule has 0 unspecified atom stereocenters. The normalized spacial score (nSPS) is 10.8. The summed E-state index contributed by atoms with van der Waals surface area (Å²) in [5.74, 6) is 0.807. The minimum Gasteiger partial charge on any atom is -0.494 e. The van der Waals surface area contributed by atoms with Crippen LogP contribution < -0.4 is 10.1 Å². The van der Waals surface area contributed by atoms with E-state index in [4.69, 9.17) is 4.74 Å². The number of amides is 1. The van der Waals surface area contributed by atoms with Crippen molar-refractivity contribution >= 4 is 27.5 Å². The zero-order valence-electron chi connectivity index (χ0n) is 14.0. The number of pyridine rings is 1. The van der Waals surface area contributed by atoms with Crippen LogP contribution in [0.2, 0.25) is 0 Å². The molecule has 130 valence electrons. The molecule has 2 heterocycles. The lowest BCUT2D eigenvalue weighted by atomic mass is 10.2. The van der Waals surface area contributed by atoms with E-state index in [1.54, 1.807) is 0 Å². The van der Waals surface area contributed by atoms with Crippen LogP contribution in [0.1, 0.15) is 24.6 Å². The first-order valence-electron chi connectivity index (χ1n) is 8.25. The molecule has 1 amide bonds. The molecule has 1 N–H and O–H groups in total. The highest BCUT2D eigenvalue weighted by molar-refractivity contribution is 9.10. The first-order valence-corrected chi connectivity index (χ1v) is 9.05. The average Bonchev–Trinajstić information content (AvgIpc) is 3.00. The number of ether oxygens (including phenoxy) is 1. The molecule has 0 spiro atoms. The van der Waals surface area contributed by atoms with Gasteiger partial charge in [-0.05, 0) is 52.2 Å². The van der Waals surface area contributed by atoms with Gasteiger partial charge >= 0.3 is 0 Å². The summed E-state index contributed by atoms with van der Waals surface area (Å²) < 4.78 is 8.43. The van der Waals surface area contributed by atoms with Gasteiger partial charge in [-0.1, -0.05) is 19.1 Å². The molecule has 25 heavy (non-hydrogen) atoms. The van der Waals surface area contributed by atoms with Crippen LogP contribution in [0.15, 0.2) is 53.3 Å². The summed E-state index contributed by atoms with van der Waals surface area (Å²) in [4.78, 5) is 16.6. The summed E-state index contributed by atoms with van der Waals surface area (Å²) in [5.41, 5.74) is 2.61. The monoisotopic (exact) mass is 401 g/mol. The zero-order chi connectivity index (χ0) is 17.6. The number of aromatic nitrogens is 2. The van der Waals surface area contributed by atoms with Crippen LogP contribution in [0, 0.1) is 0 Å². The molecule has 0 aliphatic rings. The van der Waals surface area contributed by atoms with E-state index in [-0.39, 0.29) is 12.3 Å². The fourth-order valence-corrected chi connectivity index (χ4v) is 2.81. The number of carbonyl (C=O) groups excluding carboxylic acids is 1. The maximum atomic E-state index is 12.1. The predicted molar refractivity (Wildman–Crippen MR) is 101 cm³/mol. The highest BCUT2D eigenvalue weighted by Crippen LogP contribution is 2.14. The Labute approximate surface area is 155 Å². The Kier molecular flexibility index (Phi) is 5.71. The lowest BCUT2D eigenvalue weighted by Crippen LogP contribution is -2.24. The second kappa shape index (κ2) is 8.16. The minimum absolute atomic E-state index is 0.0474. The van der Waals surface area contributed by atoms with E-state index in [1.807, 2.05) is 53.2 Å². The molecular formula is C19H20BrN3O2. The van der Waals surface area contributed by atoms with Crippen LogP contribution in [0.5, 0.6) is 5.75 Å². The molecule has 3 rings (SSSR count). The largest absolute Gasteiger partial charge is 0.494 e. The summed E-state index contributed by atoms with van der Waals surface area (Å²) >= 11 is 3.43. The van der Waals surface area contributed by atoms with E-state index < -0.39 is 0 Å². The molecule has 6 heteroatoms. The van der Waals surface area contributed by atoms with Gasteiger partial charge in [0, 0.05) is 23.4 Å². The van der Waals surface area contributed by atoms with Crippen LogP contribution in [0.4, 0.5) is 0 Å². The van der Waals surface area contributed by atoms with Gasteiger partial charge in [-0.15, -0.1) is 0 Å². The third kappa shape index (κ3) is 4.82. The molecule has 0 aliphatic carbocycles. The topological polar surface area (TPSA) is 55.6 Å². The zero-order valence-corrected chi connectivity index (χ0v) is 15.6. The van der Waals surface area contributed by atoms with Crippen LogP contribution in [-0.2, 0) is 17.8 Å². The van der Waals surface area contributed by atoms with E-state index in [2.05, 4.69) is 33.2 Å². The lowest BCUT2D eigenvalue weighted by molar-refractivity contribution is -0.120. The Morgan fingerprint density at radius 1 is 1.20 bits per heavy atom. The molecule has 1 aromatic carbocycles. The van der Waals surface area contributed by atoms with Crippen molar-refractivity contribution in [3.63, 3.8) is 0 Å². The molecule has 0 atom stereocenters. The predicted octanol–water partition coefficient (Wildman–Crippen LogP) is 3.74. The smallest absolute Gasteiger partial charge is 0.226 e. The van der Waals surface area contributed by atoms with Crippen molar-refractivity contribution in [1.82, 2.24) is 14.7 Å². The SMILES string of the molecule is CCCOc1ccc(CNC(=O)Cc2cn3cc(Br)ccc3n2)cc1. The fourth-order valence-electron chi connectivity index (χ4n) is 2.45. The lowest BCUT2D eigenvalue weighted by Gasteiger charge is -2.07. The standard InChI is InChI=1S/C19H20BrN3O2/c1-2-9-25-17-6-3-14(4-7-17)11-21-19(24)10-16-13-23-12-15(20)5-8-18(23)22-16/h3-8,12-13H,2,9-11H2,1H3,(H,21,24). The Morgan fingerprint density at radius 3 is 2.76 bits per heavy atom. The number of nitrogens with one attached hydrogen (secondary N) is 1. The van der Waals surface area contributed by atoms with Crippen molar-refractivity contribution in [2.75, 3.05) is 6.61 Å². The second-order valence-electron chi connectivity index (χ2n) is 5.79. The van der Waals surface area contributed by atoms with Gasteiger partial charge in [0.05, 0.1) is 18.7 Å². The first-order chi connectivity index (χ1) is 12.1. The molecule has 0 fully saturated rings. The maximum absolute atomic E-state index is 12.1. The molecule has 0 aliphatic heterocycles. The van der Waals surface area contributed by atoms with Gasteiger partial charge in [0.2, 0.25) is 5.91 Å². The molecule has 0 radical (unpaired) electrons. The highest BCUT2D eigenvalue weighted by atomic mass is 79.9. The van der Waals surface area contributed by atoms with Gasteiger partial charge < -0.3 is 14.5 Å². The van der Waals surface area contributed by atoms with Crippen LogP contribution in [0.3, 0.4) is 0 Å². The molecule has 0 bridgehead atoms. The van der Waals surface area contributed by atoms with E-state index >= 15 is 0 Å². The summed E-state index contributed by atoms with van der Waals surface area (Å²) in [6.07, 6.45) is 5.04. The van der Waals surface area contributed by atoms with E-state index in [0.717, 1.165) is 33.5 Å². The Hall–Kier alpha value is -2.34. The third-order valence-electron chi connectivity index (χ3n) is 3.69. The summed E-state index contributed by atoms with van der Waals surface area (Å²) in [6, 6.07) is 11.6. The number of hydrogen-bond acceptors (Lipinski definition) is 3. The molecule has 0 saturated carbocycles. The molecular weight excluding hydrogens is 382 g/mol. The summed E-state index contributed by atoms with van der Waals surface area (Å²) in [5, 5.41) is 2.93. The van der Waals surface area contributed by atoms with Crippen molar-refractivity contribution in [2.24, 2.45) is 0 Å². The number of rotatable bonds is 7. The maximum Gasteiger partial charge on any atom is 0.226 e. The number of carbonyl (C=O) groups is 1. The summed E-state index contributed by atoms with van der Waals surface area (Å²) in [7, 11) is 0. The van der Waals surface area contributed by atoms with Crippen molar-refractivity contribution in [2.45, 2.75) is 26.3 Å². The van der Waals surface area contributed by atoms with Gasteiger partial charge in [-0.3, -0.25) is 4.79 Å². The third-order valence-corrected chi connectivity index (χ3v) is 4.16. The Bertz CT molecular complexity index is 859. The number of halogens is 1. The molecule has 5 nitrogen and oxygen atoms in total. The quantitative estimate of drug-likeness (QED) is 0.655. The number of benzene rings is 1. The number of nitrogens with zero attached hydrogens (tertiary/aromatic N) is 2.